The van der Waals surface area contributed by atoms with Gasteiger partial charge in [-0.05, 0) is 47.7 Å². The number of halogens is 1. The first-order chi connectivity index (χ1) is 15.5. The van der Waals surface area contributed by atoms with Crippen molar-refractivity contribution in [1.29, 1.82) is 0 Å². The zero-order valence-corrected chi connectivity index (χ0v) is 18.8. The first-order valence-corrected chi connectivity index (χ1v) is 11.5. The standard InChI is InChI=1S/C26H21FN4S/c1-13(2)26-30-23-17-6-4-15(10-20(17)25-19(8-9-32-25)24(23)31-26)16-5-7-18(21(27)11-16)22-12-28-14(3)29-22/h4-13H,1-3H3,(H,28,29)(H,30,31). The van der Waals surface area contributed by atoms with Gasteiger partial charge in [0.25, 0.3) is 0 Å². The lowest BCUT2D eigenvalue weighted by Gasteiger charge is -2.08. The number of aryl methyl sites for hydroxylation is 1. The highest BCUT2D eigenvalue weighted by atomic mass is 32.1. The lowest BCUT2D eigenvalue weighted by molar-refractivity contribution is 0.631. The van der Waals surface area contributed by atoms with Crippen molar-refractivity contribution in [2.45, 2.75) is 26.7 Å². The van der Waals surface area contributed by atoms with E-state index in [0.29, 0.717) is 17.2 Å². The Morgan fingerprint density at radius 3 is 2.50 bits per heavy atom. The van der Waals surface area contributed by atoms with E-state index in [1.165, 1.54) is 4.70 Å². The molecule has 3 heterocycles. The molecule has 158 valence electrons. The van der Waals surface area contributed by atoms with Crippen LogP contribution in [-0.4, -0.2) is 19.9 Å². The number of nitrogens with zero attached hydrogens (tertiary/aromatic N) is 2. The van der Waals surface area contributed by atoms with Crippen molar-refractivity contribution < 1.29 is 4.39 Å². The van der Waals surface area contributed by atoms with Crippen LogP contribution in [0.3, 0.4) is 0 Å². The normalized spacial score (nSPS) is 12.0. The number of aromatic nitrogens is 4. The van der Waals surface area contributed by atoms with Crippen LogP contribution in [0.15, 0.2) is 54.0 Å². The number of benzene rings is 3. The molecule has 6 heteroatoms. The Hall–Kier alpha value is -3.51. The third-order valence-electron chi connectivity index (χ3n) is 6.02. The lowest BCUT2D eigenvalue weighted by Crippen LogP contribution is -1.88. The maximum atomic E-state index is 15.0. The van der Waals surface area contributed by atoms with Crippen molar-refractivity contribution in [3.8, 4) is 22.4 Å². The molecular weight excluding hydrogens is 419 g/mol. The molecule has 0 aliphatic heterocycles. The van der Waals surface area contributed by atoms with Gasteiger partial charge in [-0.3, -0.25) is 0 Å². The van der Waals surface area contributed by atoms with Gasteiger partial charge in [-0.1, -0.05) is 32.0 Å². The van der Waals surface area contributed by atoms with E-state index in [1.54, 1.807) is 23.6 Å². The van der Waals surface area contributed by atoms with Crippen LogP contribution in [0, 0.1) is 12.7 Å². The van der Waals surface area contributed by atoms with Crippen LogP contribution in [0.5, 0.6) is 0 Å². The Morgan fingerprint density at radius 2 is 1.75 bits per heavy atom. The second kappa shape index (κ2) is 7.00. The fourth-order valence-corrected chi connectivity index (χ4v) is 5.29. The van der Waals surface area contributed by atoms with Crippen molar-refractivity contribution in [2.24, 2.45) is 0 Å². The topological polar surface area (TPSA) is 57.4 Å². The number of hydrogen-bond acceptors (Lipinski definition) is 3. The molecule has 0 saturated heterocycles. The van der Waals surface area contributed by atoms with Crippen molar-refractivity contribution in [3.63, 3.8) is 0 Å². The van der Waals surface area contributed by atoms with E-state index in [0.717, 1.165) is 50.0 Å². The second-order valence-corrected chi connectivity index (χ2v) is 9.42. The summed E-state index contributed by atoms with van der Waals surface area (Å²) in [6.07, 6.45) is 1.66. The molecule has 0 saturated carbocycles. The van der Waals surface area contributed by atoms with Crippen molar-refractivity contribution in [3.05, 3.63) is 71.5 Å². The minimum atomic E-state index is -0.266. The van der Waals surface area contributed by atoms with Gasteiger partial charge in [0.2, 0.25) is 0 Å². The Labute approximate surface area is 188 Å². The van der Waals surface area contributed by atoms with Gasteiger partial charge in [0, 0.05) is 32.3 Å². The summed E-state index contributed by atoms with van der Waals surface area (Å²) >= 11 is 1.72. The first kappa shape index (κ1) is 19.2. The molecule has 32 heavy (non-hydrogen) atoms. The first-order valence-electron chi connectivity index (χ1n) is 10.6. The monoisotopic (exact) mass is 440 g/mol. The highest BCUT2D eigenvalue weighted by Gasteiger charge is 2.16. The molecule has 4 nitrogen and oxygen atoms in total. The van der Waals surface area contributed by atoms with Crippen LogP contribution in [0.25, 0.3) is 54.3 Å². The minimum Gasteiger partial charge on any atom is -0.342 e. The summed E-state index contributed by atoms with van der Waals surface area (Å²) in [6, 6.07) is 13.9. The summed E-state index contributed by atoms with van der Waals surface area (Å²) < 4.78 is 16.2. The van der Waals surface area contributed by atoms with E-state index in [1.807, 2.05) is 19.1 Å². The number of nitrogens with one attached hydrogen (secondary N) is 2. The van der Waals surface area contributed by atoms with E-state index in [-0.39, 0.29) is 5.82 Å². The fraction of sp³-hybridized carbons (Fsp3) is 0.154. The smallest absolute Gasteiger partial charge is 0.133 e. The van der Waals surface area contributed by atoms with E-state index >= 15 is 0 Å². The van der Waals surface area contributed by atoms with Crippen LogP contribution in [0.4, 0.5) is 4.39 Å². The Morgan fingerprint density at radius 1 is 0.938 bits per heavy atom. The summed E-state index contributed by atoms with van der Waals surface area (Å²) in [7, 11) is 0. The molecule has 0 aliphatic rings. The molecule has 0 fully saturated rings. The number of aromatic amines is 2. The maximum absolute atomic E-state index is 15.0. The van der Waals surface area contributed by atoms with E-state index in [4.69, 9.17) is 4.98 Å². The SMILES string of the molecule is Cc1ncc(-c2ccc(-c3ccc4c(c3)c3sccc3c3nc(C(C)C)[nH]c43)cc2F)[nH]1. The van der Waals surface area contributed by atoms with Gasteiger partial charge in [0.1, 0.15) is 17.5 Å². The molecule has 3 aromatic heterocycles. The number of hydrogen-bond donors (Lipinski definition) is 2. The van der Waals surface area contributed by atoms with E-state index in [2.05, 4.69) is 58.4 Å². The molecule has 0 spiro atoms. The third-order valence-corrected chi connectivity index (χ3v) is 6.97. The molecule has 0 bridgehead atoms. The number of H-pyrrole nitrogens is 2. The van der Waals surface area contributed by atoms with Crippen LogP contribution >= 0.6 is 11.3 Å². The predicted molar refractivity (Wildman–Crippen MR) is 131 cm³/mol. The molecule has 0 radical (unpaired) electrons. The van der Waals surface area contributed by atoms with Gasteiger partial charge in [-0.2, -0.15) is 0 Å². The predicted octanol–water partition coefficient (Wildman–Crippen LogP) is 7.56. The number of rotatable bonds is 3. The Kier molecular flexibility index (Phi) is 4.20. The summed E-state index contributed by atoms with van der Waals surface area (Å²) in [5, 5.41) is 5.57. The molecule has 6 aromatic rings. The summed E-state index contributed by atoms with van der Waals surface area (Å²) in [4.78, 5) is 15.7. The molecule has 3 aromatic carbocycles. The molecule has 6 rings (SSSR count). The van der Waals surface area contributed by atoms with Gasteiger partial charge in [0.05, 0.1) is 22.9 Å². The molecule has 2 N–H and O–H groups in total. The van der Waals surface area contributed by atoms with Crippen LogP contribution in [0.2, 0.25) is 0 Å². The van der Waals surface area contributed by atoms with Gasteiger partial charge in [-0.25, -0.2) is 14.4 Å². The quantitative estimate of drug-likeness (QED) is 0.298. The van der Waals surface area contributed by atoms with Gasteiger partial charge in [0.15, 0.2) is 0 Å². The molecule has 0 unspecified atom stereocenters. The lowest BCUT2D eigenvalue weighted by atomic mass is 9.98. The van der Waals surface area contributed by atoms with Crippen LogP contribution < -0.4 is 0 Å². The van der Waals surface area contributed by atoms with Gasteiger partial charge in [-0.15, -0.1) is 11.3 Å². The van der Waals surface area contributed by atoms with E-state index in [9.17, 15) is 4.39 Å². The maximum Gasteiger partial charge on any atom is 0.133 e. The fourth-order valence-electron chi connectivity index (χ4n) is 4.36. The van der Waals surface area contributed by atoms with Crippen molar-refractivity contribution in [1.82, 2.24) is 19.9 Å². The van der Waals surface area contributed by atoms with Crippen LogP contribution in [-0.2, 0) is 0 Å². The van der Waals surface area contributed by atoms with Crippen molar-refractivity contribution in [2.75, 3.05) is 0 Å². The minimum absolute atomic E-state index is 0.266. The highest BCUT2D eigenvalue weighted by Crippen LogP contribution is 2.39. The molecule has 0 atom stereocenters. The zero-order chi connectivity index (χ0) is 22.0. The van der Waals surface area contributed by atoms with Crippen LogP contribution in [0.1, 0.15) is 31.4 Å². The number of imidazole rings is 2. The zero-order valence-electron chi connectivity index (χ0n) is 18.0. The van der Waals surface area contributed by atoms with Gasteiger partial charge >= 0.3 is 0 Å². The molecule has 0 amide bonds. The Balaban J connectivity index is 1.54. The summed E-state index contributed by atoms with van der Waals surface area (Å²) in [5.74, 6) is 1.82. The number of fused-ring (bicyclic) bond motifs is 6. The van der Waals surface area contributed by atoms with Crippen molar-refractivity contribution >= 4 is 43.2 Å². The summed E-state index contributed by atoms with van der Waals surface area (Å²) in [5.41, 5.74) is 5.14. The third kappa shape index (κ3) is 2.87. The average molecular weight is 441 g/mol. The average Bonchev–Trinajstić information content (AvgIpc) is 3.52. The highest BCUT2D eigenvalue weighted by molar-refractivity contribution is 7.18. The largest absolute Gasteiger partial charge is 0.342 e. The molecule has 0 aliphatic carbocycles. The second-order valence-electron chi connectivity index (χ2n) is 8.50. The Bertz CT molecular complexity index is 1640. The molecular formula is C26H21FN4S. The number of thiophene rings is 1. The van der Waals surface area contributed by atoms with E-state index < -0.39 is 0 Å². The summed E-state index contributed by atoms with van der Waals surface area (Å²) in [6.45, 7) is 6.15. The van der Waals surface area contributed by atoms with Gasteiger partial charge < -0.3 is 9.97 Å².